The van der Waals surface area contributed by atoms with Gasteiger partial charge in [0.15, 0.2) is 0 Å². The Kier molecular flexibility index (Phi) is 7.90. The van der Waals surface area contributed by atoms with Crippen molar-refractivity contribution in [1.82, 2.24) is 0 Å². The van der Waals surface area contributed by atoms with Crippen LogP contribution in [0.2, 0.25) is 0 Å². The molecule has 0 aromatic rings. The summed E-state index contributed by atoms with van der Waals surface area (Å²) < 4.78 is -0.228. The third kappa shape index (κ3) is 4.71. The molecule has 0 aliphatic heterocycles. The van der Waals surface area contributed by atoms with Crippen LogP contribution < -0.4 is 0 Å². The summed E-state index contributed by atoms with van der Waals surface area (Å²) in [7, 11) is 0. The standard InChI is InChI=1S/C27H44Br4/c1-18(8-7-16-26(4,28)27(29,30)31)21-12-13-22-20-11-10-19-9-5-6-15-24(19,2)23(20)14-17-25(21,22)3/h18-23H,5-17H2,1-4H3/t18-,19?,20+,21-,22+,23+,24+,25-,26?/m1/s1. The van der Waals surface area contributed by atoms with E-state index in [-0.39, 0.29) is 6.47 Å². The van der Waals surface area contributed by atoms with Crippen LogP contribution in [0.3, 0.4) is 0 Å². The lowest BCUT2D eigenvalue weighted by Gasteiger charge is -2.61. The summed E-state index contributed by atoms with van der Waals surface area (Å²) in [6, 6.07) is 0. The average Bonchev–Trinajstić information content (AvgIpc) is 3.03. The molecule has 4 heteroatoms. The Hall–Kier alpha value is 1.92. The monoisotopic (exact) mass is 684 g/mol. The van der Waals surface area contributed by atoms with Gasteiger partial charge in [0.1, 0.15) is 2.14 Å². The smallest absolute Gasteiger partial charge is 0.0822 e. The Labute approximate surface area is 226 Å². The molecular weight excluding hydrogens is 644 g/mol. The first-order valence-corrected chi connectivity index (χ1v) is 16.3. The van der Waals surface area contributed by atoms with E-state index in [9.17, 15) is 0 Å². The zero-order chi connectivity index (χ0) is 22.7. The molecule has 0 spiro atoms. The van der Waals surface area contributed by atoms with Gasteiger partial charge in [0.25, 0.3) is 0 Å². The van der Waals surface area contributed by atoms with E-state index >= 15 is 0 Å². The van der Waals surface area contributed by atoms with Crippen LogP contribution in [0.25, 0.3) is 0 Å². The minimum absolute atomic E-state index is 0.00791. The van der Waals surface area contributed by atoms with Crippen LogP contribution in [0.15, 0.2) is 0 Å². The molecule has 0 radical (unpaired) electrons. The predicted molar refractivity (Wildman–Crippen MR) is 150 cm³/mol. The van der Waals surface area contributed by atoms with Crippen LogP contribution in [0.4, 0.5) is 0 Å². The largest absolute Gasteiger partial charge is 0.149 e. The fourth-order valence-corrected chi connectivity index (χ4v) is 10.2. The van der Waals surface area contributed by atoms with E-state index < -0.39 is 0 Å². The fraction of sp³-hybridized carbons (Fsp3) is 1.00. The van der Waals surface area contributed by atoms with Crippen molar-refractivity contribution in [3.05, 3.63) is 0 Å². The van der Waals surface area contributed by atoms with E-state index in [2.05, 4.69) is 91.4 Å². The molecule has 31 heavy (non-hydrogen) atoms. The molecule has 2 unspecified atom stereocenters. The summed E-state index contributed by atoms with van der Waals surface area (Å²) in [6.45, 7) is 10.3. The Balaban J connectivity index is 1.40. The second kappa shape index (κ2) is 9.42. The van der Waals surface area contributed by atoms with Crippen molar-refractivity contribution < 1.29 is 0 Å². The van der Waals surface area contributed by atoms with Gasteiger partial charge in [-0.05, 0) is 111 Å². The highest BCUT2D eigenvalue weighted by Gasteiger charge is 2.60. The zero-order valence-corrected chi connectivity index (χ0v) is 26.5. The topological polar surface area (TPSA) is 0 Å². The van der Waals surface area contributed by atoms with Crippen molar-refractivity contribution >= 4 is 63.7 Å². The molecule has 4 aliphatic carbocycles. The van der Waals surface area contributed by atoms with E-state index in [0.29, 0.717) is 10.8 Å². The summed E-state index contributed by atoms with van der Waals surface area (Å²) in [5, 5.41) is 0. The SMILES string of the molecule is C[C@H](CCCC(C)(Br)C(Br)(Br)Br)[C@H]1CC[C@H]2[C@@H]3CCC4CCCC[C@]4(C)[C@H]3CC[C@]12C. The summed E-state index contributed by atoms with van der Waals surface area (Å²) in [5.41, 5.74) is 1.29. The third-order valence-corrected chi connectivity index (χ3v) is 16.5. The number of halogens is 4. The molecule has 0 amide bonds. The first-order chi connectivity index (χ1) is 14.4. The highest BCUT2D eigenvalue weighted by Crippen LogP contribution is 2.68. The molecule has 180 valence electrons. The summed E-state index contributed by atoms with van der Waals surface area (Å²) >= 11 is 15.1. The van der Waals surface area contributed by atoms with Crippen molar-refractivity contribution in [2.45, 2.75) is 118 Å². The number of hydrogen-bond acceptors (Lipinski definition) is 0. The third-order valence-electron chi connectivity index (χ3n) is 11.2. The van der Waals surface area contributed by atoms with Crippen LogP contribution in [0, 0.1) is 46.3 Å². The van der Waals surface area contributed by atoms with Gasteiger partial charge in [-0.2, -0.15) is 0 Å². The van der Waals surface area contributed by atoms with Crippen LogP contribution in [0.5, 0.6) is 0 Å². The van der Waals surface area contributed by atoms with Gasteiger partial charge in [-0.3, -0.25) is 0 Å². The van der Waals surface area contributed by atoms with Crippen molar-refractivity contribution in [2.24, 2.45) is 46.3 Å². The lowest BCUT2D eigenvalue weighted by molar-refractivity contribution is -0.114. The summed E-state index contributed by atoms with van der Waals surface area (Å²) in [6.07, 6.45) is 19.1. The van der Waals surface area contributed by atoms with Gasteiger partial charge in [0, 0.05) is 0 Å². The van der Waals surface area contributed by atoms with E-state index in [0.717, 1.165) is 41.9 Å². The summed E-state index contributed by atoms with van der Waals surface area (Å²) in [4.78, 5) is 0. The lowest BCUT2D eigenvalue weighted by Crippen LogP contribution is -2.53. The van der Waals surface area contributed by atoms with Crippen LogP contribution in [0.1, 0.15) is 111 Å². The minimum Gasteiger partial charge on any atom is -0.0822 e. The number of alkyl halides is 4. The molecule has 0 heterocycles. The highest BCUT2D eigenvalue weighted by atomic mass is 80.0. The number of hydrogen-bond donors (Lipinski definition) is 0. The van der Waals surface area contributed by atoms with E-state index in [1.165, 1.54) is 64.2 Å². The van der Waals surface area contributed by atoms with Crippen molar-refractivity contribution in [1.29, 1.82) is 0 Å². The first kappa shape index (κ1) is 26.0. The molecule has 0 saturated heterocycles. The van der Waals surface area contributed by atoms with Gasteiger partial charge < -0.3 is 0 Å². The van der Waals surface area contributed by atoms with E-state index in [1.807, 2.05) is 0 Å². The maximum Gasteiger partial charge on any atom is 0.149 e. The summed E-state index contributed by atoms with van der Waals surface area (Å²) in [5.74, 6) is 5.94. The molecule has 0 N–H and O–H groups in total. The maximum absolute atomic E-state index is 3.93. The second-order valence-corrected chi connectivity index (χ2v) is 21.2. The normalized spacial score (nSPS) is 45.9. The molecule has 0 aromatic carbocycles. The van der Waals surface area contributed by atoms with E-state index in [4.69, 9.17) is 0 Å². The Bertz CT molecular complexity index is 640. The predicted octanol–water partition coefficient (Wildman–Crippen LogP) is 10.8. The second-order valence-electron chi connectivity index (χ2n) is 12.7. The van der Waals surface area contributed by atoms with Gasteiger partial charge in [-0.15, -0.1) is 0 Å². The van der Waals surface area contributed by atoms with Gasteiger partial charge in [0.05, 0.1) is 4.32 Å². The average molecular weight is 688 g/mol. The molecular formula is C27H44Br4. The Morgan fingerprint density at radius 1 is 0.839 bits per heavy atom. The molecule has 4 aliphatic rings. The molecule has 4 rings (SSSR count). The van der Waals surface area contributed by atoms with Gasteiger partial charge >= 0.3 is 0 Å². The quantitative estimate of drug-likeness (QED) is 0.252. The molecule has 0 nitrogen and oxygen atoms in total. The van der Waals surface area contributed by atoms with Gasteiger partial charge in [0.2, 0.25) is 0 Å². The van der Waals surface area contributed by atoms with Crippen LogP contribution >= 0.6 is 63.7 Å². The molecule has 4 fully saturated rings. The fourth-order valence-electron chi connectivity index (χ4n) is 9.37. The van der Waals surface area contributed by atoms with Gasteiger partial charge in [-0.1, -0.05) is 110 Å². The zero-order valence-electron chi connectivity index (χ0n) is 20.2. The molecule has 0 aromatic heterocycles. The van der Waals surface area contributed by atoms with Crippen molar-refractivity contribution in [3.8, 4) is 0 Å². The molecule has 4 saturated carbocycles. The van der Waals surface area contributed by atoms with Gasteiger partial charge in [-0.25, -0.2) is 0 Å². The van der Waals surface area contributed by atoms with Crippen LogP contribution in [-0.2, 0) is 0 Å². The number of rotatable bonds is 5. The van der Waals surface area contributed by atoms with E-state index in [1.54, 1.807) is 12.8 Å². The highest BCUT2D eigenvalue weighted by molar-refractivity contribution is 9.40. The minimum atomic E-state index is -0.236. The van der Waals surface area contributed by atoms with Crippen LogP contribution in [-0.4, -0.2) is 6.47 Å². The van der Waals surface area contributed by atoms with Crippen molar-refractivity contribution in [2.75, 3.05) is 0 Å². The molecule has 0 bridgehead atoms. The maximum atomic E-state index is 3.93. The van der Waals surface area contributed by atoms with Crippen molar-refractivity contribution in [3.63, 3.8) is 0 Å². The first-order valence-electron chi connectivity index (χ1n) is 13.2. The lowest BCUT2D eigenvalue weighted by atomic mass is 9.44. The number of fused-ring (bicyclic) bond motifs is 5. The Morgan fingerprint density at radius 3 is 2.26 bits per heavy atom. The Morgan fingerprint density at radius 2 is 1.55 bits per heavy atom. The molecule has 9 atom stereocenters.